The molecular formula is C19H21NO. The first-order valence-electron chi connectivity index (χ1n) is 7.52. The second-order valence-electron chi connectivity index (χ2n) is 5.35. The molecule has 108 valence electrons. The van der Waals surface area contributed by atoms with Crippen LogP contribution in [0.3, 0.4) is 0 Å². The van der Waals surface area contributed by atoms with Crippen LogP contribution in [0, 0.1) is 0 Å². The molecule has 0 saturated heterocycles. The molecule has 0 N–H and O–H groups in total. The predicted molar refractivity (Wildman–Crippen MR) is 88.0 cm³/mol. The summed E-state index contributed by atoms with van der Waals surface area (Å²) in [5, 5.41) is 1.21. The topological polar surface area (TPSA) is 14.2 Å². The number of aryl methyl sites for hydroxylation is 1. The van der Waals surface area contributed by atoms with Crippen molar-refractivity contribution in [3.8, 4) is 5.75 Å². The summed E-state index contributed by atoms with van der Waals surface area (Å²) in [6.07, 6.45) is 2.23. The third kappa shape index (κ3) is 2.66. The number of nitrogens with zero attached hydrogens (tertiary/aromatic N) is 1. The van der Waals surface area contributed by atoms with Gasteiger partial charge < -0.3 is 9.30 Å². The van der Waals surface area contributed by atoms with E-state index in [1.807, 2.05) is 6.07 Å². The summed E-state index contributed by atoms with van der Waals surface area (Å²) < 4.78 is 7.92. The van der Waals surface area contributed by atoms with Crippen LogP contribution in [0.25, 0.3) is 10.9 Å². The Kier molecular flexibility index (Phi) is 3.96. The van der Waals surface area contributed by atoms with Crippen LogP contribution in [-0.2, 0) is 13.0 Å². The Bertz CT molecular complexity index is 728. The Morgan fingerprint density at radius 3 is 2.52 bits per heavy atom. The van der Waals surface area contributed by atoms with Crippen molar-refractivity contribution in [2.24, 2.45) is 0 Å². The number of hydrogen-bond donors (Lipinski definition) is 0. The standard InChI is InChI=1S/C19H21NO/c1-3-8-16-13-17-18(11-7-12-19(17)21-2)20(16)14-15-9-5-4-6-10-15/h4-7,9-13H,3,8,14H2,1-2H3. The molecular weight excluding hydrogens is 258 g/mol. The second-order valence-corrected chi connectivity index (χ2v) is 5.35. The van der Waals surface area contributed by atoms with Gasteiger partial charge in [-0.2, -0.15) is 0 Å². The zero-order chi connectivity index (χ0) is 14.7. The van der Waals surface area contributed by atoms with Crippen LogP contribution in [0.1, 0.15) is 24.6 Å². The van der Waals surface area contributed by atoms with Gasteiger partial charge in [-0.15, -0.1) is 0 Å². The minimum Gasteiger partial charge on any atom is -0.496 e. The van der Waals surface area contributed by atoms with E-state index >= 15 is 0 Å². The zero-order valence-corrected chi connectivity index (χ0v) is 12.7. The van der Waals surface area contributed by atoms with Gasteiger partial charge in [-0.05, 0) is 30.2 Å². The third-order valence-corrected chi connectivity index (χ3v) is 3.90. The number of hydrogen-bond acceptors (Lipinski definition) is 1. The van der Waals surface area contributed by atoms with E-state index in [9.17, 15) is 0 Å². The van der Waals surface area contributed by atoms with Crippen LogP contribution in [0.2, 0.25) is 0 Å². The first kappa shape index (κ1) is 13.7. The summed E-state index contributed by atoms with van der Waals surface area (Å²) in [5.74, 6) is 0.955. The zero-order valence-electron chi connectivity index (χ0n) is 12.7. The van der Waals surface area contributed by atoms with Crippen molar-refractivity contribution >= 4 is 10.9 Å². The highest BCUT2D eigenvalue weighted by atomic mass is 16.5. The van der Waals surface area contributed by atoms with E-state index < -0.39 is 0 Å². The van der Waals surface area contributed by atoms with E-state index in [2.05, 4.69) is 60.0 Å². The van der Waals surface area contributed by atoms with E-state index in [1.165, 1.54) is 22.2 Å². The lowest BCUT2D eigenvalue weighted by Gasteiger charge is -2.11. The summed E-state index contributed by atoms with van der Waals surface area (Å²) in [7, 11) is 1.74. The Morgan fingerprint density at radius 1 is 1.00 bits per heavy atom. The molecule has 0 aliphatic heterocycles. The maximum absolute atomic E-state index is 5.51. The fourth-order valence-corrected chi connectivity index (χ4v) is 2.91. The van der Waals surface area contributed by atoms with Crippen LogP contribution in [0.4, 0.5) is 0 Å². The average molecular weight is 279 g/mol. The van der Waals surface area contributed by atoms with Gasteiger partial charge in [0.05, 0.1) is 12.6 Å². The summed E-state index contributed by atoms with van der Waals surface area (Å²) in [4.78, 5) is 0. The lowest BCUT2D eigenvalue weighted by molar-refractivity contribution is 0.420. The van der Waals surface area contributed by atoms with Crippen LogP contribution in [0.15, 0.2) is 54.6 Å². The van der Waals surface area contributed by atoms with Gasteiger partial charge in [0.1, 0.15) is 5.75 Å². The molecule has 0 aliphatic rings. The summed E-state index contributed by atoms with van der Waals surface area (Å²) in [6, 6.07) is 19.2. The van der Waals surface area contributed by atoms with Crippen molar-refractivity contribution in [1.82, 2.24) is 4.57 Å². The van der Waals surface area contributed by atoms with Gasteiger partial charge in [0.2, 0.25) is 0 Å². The van der Waals surface area contributed by atoms with Gasteiger partial charge in [-0.1, -0.05) is 49.7 Å². The van der Waals surface area contributed by atoms with E-state index in [1.54, 1.807) is 7.11 Å². The Morgan fingerprint density at radius 2 is 1.81 bits per heavy atom. The van der Waals surface area contributed by atoms with E-state index in [0.29, 0.717) is 0 Å². The van der Waals surface area contributed by atoms with Crippen molar-refractivity contribution in [2.75, 3.05) is 7.11 Å². The lowest BCUT2D eigenvalue weighted by Crippen LogP contribution is -2.04. The van der Waals surface area contributed by atoms with Crippen molar-refractivity contribution in [3.63, 3.8) is 0 Å². The molecule has 2 nitrogen and oxygen atoms in total. The average Bonchev–Trinajstić information content (AvgIpc) is 2.87. The number of fused-ring (bicyclic) bond motifs is 1. The van der Waals surface area contributed by atoms with Crippen molar-refractivity contribution < 1.29 is 4.74 Å². The van der Waals surface area contributed by atoms with Gasteiger partial charge in [0.15, 0.2) is 0 Å². The molecule has 1 heterocycles. The number of methoxy groups -OCH3 is 1. The molecule has 3 aromatic rings. The maximum atomic E-state index is 5.51. The quantitative estimate of drug-likeness (QED) is 0.663. The first-order chi connectivity index (χ1) is 10.3. The molecule has 0 fully saturated rings. The van der Waals surface area contributed by atoms with Crippen LogP contribution >= 0.6 is 0 Å². The number of aromatic nitrogens is 1. The number of rotatable bonds is 5. The highest BCUT2D eigenvalue weighted by Crippen LogP contribution is 2.30. The highest BCUT2D eigenvalue weighted by Gasteiger charge is 2.11. The molecule has 0 amide bonds. The van der Waals surface area contributed by atoms with Crippen molar-refractivity contribution in [3.05, 3.63) is 65.9 Å². The largest absolute Gasteiger partial charge is 0.496 e. The van der Waals surface area contributed by atoms with Crippen molar-refractivity contribution in [1.29, 1.82) is 0 Å². The minimum absolute atomic E-state index is 0.910. The Balaban J connectivity index is 2.12. The summed E-state index contributed by atoms with van der Waals surface area (Å²) in [6.45, 7) is 3.13. The highest BCUT2D eigenvalue weighted by molar-refractivity contribution is 5.87. The van der Waals surface area contributed by atoms with Gasteiger partial charge >= 0.3 is 0 Å². The second kappa shape index (κ2) is 6.04. The third-order valence-electron chi connectivity index (χ3n) is 3.90. The monoisotopic (exact) mass is 279 g/mol. The Labute approximate surface area is 126 Å². The molecule has 21 heavy (non-hydrogen) atoms. The molecule has 1 aromatic heterocycles. The molecule has 0 radical (unpaired) electrons. The van der Waals surface area contributed by atoms with Crippen LogP contribution < -0.4 is 4.74 Å². The fourth-order valence-electron chi connectivity index (χ4n) is 2.91. The fraction of sp³-hybridized carbons (Fsp3) is 0.263. The molecule has 3 rings (SSSR count). The number of ether oxygens (including phenoxy) is 1. The molecule has 0 aliphatic carbocycles. The van der Waals surface area contributed by atoms with E-state index in [0.717, 1.165) is 25.1 Å². The van der Waals surface area contributed by atoms with Crippen LogP contribution in [0.5, 0.6) is 5.75 Å². The lowest BCUT2D eigenvalue weighted by atomic mass is 10.2. The summed E-state index contributed by atoms with van der Waals surface area (Å²) >= 11 is 0. The molecule has 0 bridgehead atoms. The molecule has 0 spiro atoms. The van der Waals surface area contributed by atoms with Gasteiger partial charge in [0, 0.05) is 17.6 Å². The molecule has 2 aromatic carbocycles. The smallest absolute Gasteiger partial charge is 0.128 e. The molecule has 2 heteroatoms. The molecule has 0 saturated carbocycles. The predicted octanol–water partition coefficient (Wildman–Crippen LogP) is 4.65. The number of benzene rings is 2. The Hall–Kier alpha value is -2.22. The van der Waals surface area contributed by atoms with E-state index in [4.69, 9.17) is 4.74 Å². The normalized spacial score (nSPS) is 11.0. The van der Waals surface area contributed by atoms with Crippen molar-refractivity contribution in [2.45, 2.75) is 26.3 Å². The SMILES string of the molecule is CCCc1cc2c(OC)cccc2n1Cc1ccccc1. The van der Waals surface area contributed by atoms with Crippen LogP contribution in [-0.4, -0.2) is 11.7 Å². The van der Waals surface area contributed by atoms with Gasteiger partial charge in [-0.3, -0.25) is 0 Å². The minimum atomic E-state index is 0.910. The van der Waals surface area contributed by atoms with Gasteiger partial charge in [0.25, 0.3) is 0 Å². The molecule has 0 atom stereocenters. The van der Waals surface area contributed by atoms with Gasteiger partial charge in [-0.25, -0.2) is 0 Å². The molecule has 0 unspecified atom stereocenters. The first-order valence-corrected chi connectivity index (χ1v) is 7.52. The van der Waals surface area contributed by atoms with E-state index in [-0.39, 0.29) is 0 Å². The summed E-state index contributed by atoms with van der Waals surface area (Å²) in [5.41, 5.74) is 3.96. The maximum Gasteiger partial charge on any atom is 0.128 e.